The molecule has 0 saturated carbocycles. The summed E-state index contributed by atoms with van der Waals surface area (Å²) in [7, 11) is 0. The minimum atomic E-state index is -4.81. The average Bonchev–Trinajstić information content (AvgIpc) is 4.11. The van der Waals surface area contributed by atoms with Crippen molar-refractivity contribution in [1.29, 1.82) is 0 Å². The molecule has 0 unspecified atom stereocenters. The molecule has 0 spiro atoms. The molecule has 7 rings (SSSR count). The van der Waals surface area contributed by atoms with Crippen LogP contribution in [0.5, 0.6) is 0 Å². The molecule has 61 heavy (non-hydrogen) atoms. The highest BCUT2D eigenvalue weighted by molar-refractivity contribution is 6.67. The second-order valence-corrected chi connectivity index (χ2v) is 13.9. The summed E-state index contributed by atoms with van der Waals surface area (Å²) in [5.74, 6) is 0. The van der Waals surface area contributed by atoms with Gasteiger partial charge in [-0.3, -0.25) is 0 Å². The fourth-order valence-corrected chi connectivity index (χ4v) is 6.25. The second-order valence-electron chi connectivity index (χ2n) is 13.9. The zero-order chi connectivity index (χ0) is 44.5. The van der Waals surface area contributed by atoms with Crippen molar-refractivity contribution in [2.75, 3.05) is 6.54 Å². The van der Waals surface area contributed by atoms with Gasteiger partial charge in [-0.2, -0.15) is 26.3 Å². The average molecular weight is 835 g/mol. The topological polar surface area (TPSA) is 43.6 Å². The number of alkyl halides is 6. The van der Waals surface area contributed by atoms with Crippen molar-refractivity contribution in [3.63, 3.8) is 0 Å². The maximum Gasteiger partial charge on any atom is 0.622 e. The van der Waals surface area contributed by atoms with Gasteiger partial charge in [-0.1, -0.05) is 116 Å². The largest absolute Gasteiger partial charge is 0.622 e. The lowest BCUT2D eigenvalue weighted by atomic mass is 9.73. The first kappa shape index (κ1) is 46.8. The number of hydrogen-bond donors (Lipinski definition) is 0. The number of allylic oxidation sites excluding steroid dienone is 8. The summed E-state index contributed by atoms with van der Waals surface area (Å²) in [5, 5.41) is 9.04. The molecule has 1 aliphatic rings. The van der Waals surface area contributed by atoms with E-state index in [0.717, 1.165) is 12.1 Å². The van der Waals surface area contributed by atoms with Crippen LogP contribution in [0.2, 0.25) is 0 Å². The zero-order valence-corrected chi connectivity index (χ0v) is 34.5. The molecular formula is C48H49BF6N6. The molecule has 0 amide bonds. The van der Waals surface area contributed by atoms with Gasteiger partial charge in [0.1, 0.15) is 12.8 Å². The first-order valence-electron chi connectivity index (χ1n) is 19.3. The van der Waals surface area contributed by atoms with Gasteiger partial charge in [0.2, 0.25) is 0 Å². The third-order valence-corrected chi connectivity index (χ3v) is 9.46. The Morgan fingerprint density at radius 1 is 0.689 bits per heavy atom. The van der Waals surface area contributed by atoms with E-state index in [9.17, 15) is 26.3 Å². The van der Waals surface area contributed by atoms with Gasteiger partial charge in [-0.25, -0.2) is 10.2 Å². The van der Waals surface area contributed by atoms with Crippen molar-refractivity contribution in [3.05, 3.63) is 223 Å². The van der Waals surface area contributed by atoms with Crippen LogP contribution < -0.4 is 0 Å². The summed E-state index contributed by atoms with van der Waals surface area (Å²) in [6, 6.07) is 36.9. The van der Waals surface area contributed by atoms with Crippen molar-refractivity contribution >= 4 is 30.1 Å². The Labute approximate surface area is 353 Å². The fourth-order valence-electron chi connectivity index (χ4n) is 6.25. The molecule has 0 atom stereocenters. The van der Waals surface area contributed by atoms with Crippen LogP contribution in [-0.2, 0) is 0 Å². The van der Waals surface area contributed by atoms with Crippen LogP contribution in [0.1, 0.15) is 43.0 Å². The van der Waals surface area contributed by atoms with Gasteiger partial charge in [0.25, 0.3) is 0 Å². The van der Waals surface area contributed by atoms with E-state index in [0.29, 0.717) is 6.92 Å². The first-order valence-corrected chi connectivity index (χ1v) is 19.3. The molecule has 4 heterocycles. The van der Waals surface area contributed by atoms with Crippen molar-refractivity contribution in [2.24, 2.45) is 0 Å². The maximum absolute atomic E-state index is 11.7. The van der Waals surface area contributed by atoms with E-state index in [-0.39, 0.29) is 6.08 Å². The van der Waals surface area contributed by atoms with E-state index >= 15 is 0 Å². The van der Waals surface area contributed by atoms with Gasteiger partial charge < -0.3 is 18.2 Å². The third kappa shape index (κ3) is 13.1. The minimum Gasteiger partial charge on any atom is -0.423 e. The van der Waals surface area contributed by atoms with E-state index in [1.165, 1.54) is 27.8 Å². The van der Waals surface area contributed by atoms with Crippen LogP contribution in [0.4, 0.5) is 26.3 Å². The molecule has 316 valence electrons. The molecule has 3 aromatic carbocycles. The lowest BCUT2D eigenvalue weighted by Crippen LogP contribution is -2.66. The van der Waals surface area contributed by atoms with E-state index in [4.69, 9.17) is 0 Å². The van der Waals surface area contributed by atoms with E-state index < -0.39 is 30.2 Å². The molecule has 13 heteroatoms. The predicted molar refractivity (Wildman–Crippen MR) is 238 cm³/mol. The molecule has 1 aliphatic heterocycles. The van der Waals surface area contributed by atoms with Crippen LogP contribution >= 0.6 is 0 Å². The quantitative estimate of drug-likeness (QED) is 0.0827. The van der Waals surface area contributed by atoms with Crippen LogP contribution in [0, 0.1) is 6.92 Å². The van der Waals surface area contributed by atoms with E-state index in [1.54, 1.807) is 12.4 Å². The Bertz CT molecular complexity index is 2340. The second kappa shape index (κ2) is 21.9. The van der Waals surface area contributed by atoms with Crippen molar-refractivity contribution in [1.82, 2.24) is 23.9 Å². The molecule has 0 N–H and O–H groups in total. The van der Waals surface area contributed by atoms with Gasteiger partial charge in [0.05, 0.1) is 0 Å². The number of nitrogens with zero attached hydrogens (tertiary/aromatic N) is 6. The fraction of sp³-hybridized carbons (Fsp3) is 0.146. The Hall–Kier alpha value is -6.89. The molecule has 6 aromatic rings. The third-order valence-electron chi connectivity index (χ3n) is 9.46. The lowest BCUT2D eigenvalue weighted by Gasteiger charge is -2.37. The molecule has 0 saturated heterocycles. The van der Waals surface area contributed by atoms with Crippen molar-refractivity contribution in [2.45, 2.75) is 40.0 Å². The van der Waals surface area contributed by atoms with E-state index in [1.807, 2.05) is 77.0 Å². The Morgan fingerprint density at radius 2 is 1.23 bits per heavy atom. The number of benzene rings is 3. The normalized spacial score (nSPS) is 13.0. The Balaban J connectivity index is 0.000000186. The van der Waals surface area contributed by atoms with Crippen LogP contribution in [0.25, 0.3) is 17.2 Å². The summed E-state index contributed by atoms with van der Waals surface area (Å²) < 4.78 is 78.6. The smallest absolute Gasteiger partial charge is 0.423 e. The molecule has 3 aromatic heterocycles. The summed E-state index contributed by atoms with van der Waals surface area (Å²) in [6.45, 7) is 12.7. The number of aromatic nitrogens is 5. The molecule has 0 aliphatic carbocycles. The van der Waals surface area contributed by atoms with Gasteiger partial charge >= 0.3 is 19.0 Å². The zero-order valence-electron chi connectivity index (χ0n) is 34.5. The van der Waals surface area contributed by atoms with Gasteiger partial charge in [-0.05, 0) is 128 Å². The van der Waals surface area contributed by atoms with Crippen LogP contribution in [0.3, 0.4) is 0 Å². The lowest BCUT2D eigenvalue weighted by molar-refractivity contribution is -0.390. The number of aryl methyl sites for hydroxylation is 1. The Morgan fingerprint density at radius 3 is 1.69 bits per heavy atom. The molecular weight excluding hydrogens is 785 g/mol. The Kier molecular flexibility index (Phi) is 16.8. The molecule has 0 fully saturated rings. The molecule has 0 bridgehead atoms. The van der Waals surface area contributed by atoms with E-state index in [2.05, 4.69) is 156 Å². The standard InChI is InChI=1S/C17H16.C14H15BN6.C10H12.C7H6F6/c1-14(16-9-5-3-6-10-16)13-15(2)17-11-7-4-8-12-17;1-2-10-18(9-1)15(19-11-3-4-12-19,20-13-5-7-16-20)21-14-6-8-17-21;1-3-6-10-8-5-4-7-9(10)2;1-4(6(8,9)10)3-5(2)7(11,12)13/h3-13H,1H2,2H3;1-11,13-14H,12H2;3-8H,1-2H3;3H,1H2,2H3/b15-13+;;6-3+;5-3+. The highest BCUT2D eigenvalue weighted by Gasteiger charge is 2.48. The summed E-state index contributed by atoms with van der Waals surface area (Å²) >= 11 is 0. The van der Waals surface area contributed by atoms with Crippen LogP contribution in [0.15, 0.2) is 201 Å². The van der Waals surface area contributed by atoms with Crippen LogP contribution in [-0.4, -0.2) is 60.1 Å². The molecule has 0 radical (unpaired) electrons. The minimum absolute atomic E-state index is 0.0278. The SMILES string of the molecule is C/C=C/c1ccccc1C.C1=CC[N+]([B-](n2cccc2)(n2cccn2)n2cccn2)=C1.C=C(/C=C(\C)C(F)(F)F)C(F)(F)F.C=C(/C=C(\C)c1ccccc1)c1ccccc1. The first-order chi connectivity index (χ1) is 29.1. The number of hydrogen-bond acceptors (Lipinski definition) is 2. The van der Waals surface area contributed by atoms with Gasteiger partial charge in [0, 0.05) is 23.5 Å². The van der Waals surface area contributed by atoms with Crippen molar-refractivity contribution < 1.29 is 30.8 Å². The highest BCUT2D eigenvalue weighted by atomic mass is 19.4. The summed E-state index contributed by atoms with van der Waals surface area (Å²) in [4.78, 5) is 0. The summed E-state index contributed by atoms with van der Waals surface area (Å²) in [6.07, 6.45) is 14.7. The van der Waals surface area contributed by atoms with Gasteiger partial charge in [-0.15, -0.1) is 0 Å². The molecule has 6 nitrogen and oxygen atoms in total. The number of halogens is 6. The monoisotopic (exact) mass is 834 g/mol. The number of rotatable bonds is 9. The summed E-state index contributed by atoms with van der Waals surface area (Å²) in [5.41, 5.74) is 4.50. The van der Waals surface area contributed by atoms with Gasteiger partial charge in [0.15, 0.2) is 0 Å². The predicted octanol–water partition coefficient (Wildman–Crippen LogP) is 12.4. The van der Waals surface area contributed by atoms with Crippen molar-refractivity contribution in [3.8, 4) is 0 Å². The highest BCUT2D eigenvalue weighted by Crippen LogP contribution is 2.31. The maximum atomic E-state index is 11.7.